The first-order chi connectivity index (χ1) is 13.9. The van der Waals surface area contributed by atoms with Gasteiger partial charge in [-0.3, -0.25) is 9.59 Å². The molecule has 2 N–H and O–H groups in total. The summed E-state index contributed by atoms with van der Waals surface area (Å²) in [7, 11) is 0. The van der Waals surface area contributed by atoms with Gasteiger partial charge in [0.1, 0.15) is 5.75 Å². The fourth-order valence-electron chi connectivity index (χ4n) is 2.80. The highest BCUT2D eigenvalue weighted by atomic mass is 79.9. The van der Waals surface area contributed by atoms with Crippen LogP contribution in [-0.4, -0.2) is 24.5 Å². The maximum absolute atomic E-state index is 12.9. The van der Waals surface area contributed by atoms with Gasteiger partial charge < -0.3 is 15.4 Å². The van der Waals surface area contributed by atoms with Crippen LogP contribution in [0, 0.1) is 0 Å². The quantitative estimate of drug-likeness (QED) is 0.440. The van der Waals surface area contributed by atoms with E-state index in [4.69, 9.17) is 4.74 Å². The number of benzene rings is 2. The van der Waals surface area contributed by atoms with Crippen molar-refractivity contribution in [1.29, 1.82) is 0 Å². The minimum absolute atomic E-state index is 0.0412. The molecule has 0 saturated heterocycles. The summed E-state index contributed by atoms with van der Waals surface area (Å²) in [6, 6.07) is 12.3. The second-order valence-corrected chi connectivity index (χ2v) is 8.13. The predicted octanol–water partition coefficient (Wildman–Crippen LogP) is 5.80. The standard InChI is InChI=1S/C23H29BrN2O3/c1-4-5-6-7-13-29-21-12-11-18(24)15-20(21)23(28)26-19-10-8-9-17(14-19)22(27)25-16(2)3/h8-12,14-16H,4-7,13H2,1-3H3,(H,25,27)(H,26,28). The van der Waals surface area contributed by atoms with E-state index in [1.165, 1.54) is 12.8 Å². The third-order valence-electron chi connectivity index (χ3n) is 4.24. The van der Waals surface area contributed by atoms with Crippen LogP contribution in [0.3, 0.4) is 0 Å². The number of anilines is 1. The molecule has 0 aliphatic carbocycles. The van der Waals surface area contributed by atoms with Crippen LogP contribution in [0.2, 0.25) is 0 Å². The van der Waals surface area contributed by atoms with Gasteiger partial charge in [-0.15, -0.1) is 0 Å². The van der Waals surface area contributed by atoms with Gasteiger partial charge in [0.05, 0.1) is 12.2 Å². The van der Waals surface area contributed by atoms with Gasteiger partial charge >= 0.3 is 0 Å². The van der Waals surface area contributed by atoms with Crippen molar-refractivity contribution in [3.63, 3.8) is 0 Å². The van der Waals surface area contributed by atoms with E-state index in [2.05, 4.69) is 33.5 Å². The topological polar surface area (TPSA) is 67.4 Å². The molecule has 156 valence electrons. The highest BCUT2D eigenvalue weighted by molar-refractivity contribution is 9.10. The van der Waals surface area contributed by atoms with Crippen LogP contribution in [0.25, 0.3) is 0 Å². The Morgan fingerprint density at radius 2 is 1.83 bits per heavy atom. The molecule has 0 radical (unpaired) electrons. The summed E-state index contributed by atoms with van der Waals surface area (Å²) in [6.45, 7) is 6.55. The van der Waals surface area contributed by atoms with Crippen LogP contribution in [0.5, 0.6) is 5.75 Å². The Morgan fingerprint density at radius 1 is 1.03 bits per heavy atom. The number of nitrogens with one attached hydrogen (secondary N) is 2. The summed E-state index contributed by atoms with van der Waals surface area (Å²) in [5, 5.41) is 5.71. The number of hydrogen-bond donors (Lipinski definition) is 2. The van der Waals surface area contributed by atoms with Crippen molar-refractivity contribution in [2.45, 2.75) is 52.5 Å². The third kappa shape index (κ3) is 7.54. The molecule has 0 unspecified atom stereocenters. The molecule has 5 nitrogen and oxygen atoms in total. The maximum atomic E-state index is 12.9. The maximum Gasteiger partial charge on any atom is 0.259 e. The molecule has 2 amide bonds. The Morgan fingerprint density at radius 3 is 2.55 bits per heavy atom. The fraction of sp³-hybridized carbons (Fsp3) is 0.391. The molecular weight excluding hydrogens is 432 g/mol. The van der Waals surface area contributed by atoms with Gasteiger partial charge in [-0.2, -0.15) is 0 Å². The van der Waals surface area contributed by atoms with E-state index in [9.17, 15) is 9.59 Å². The van der Waals surface area contributed by atoms with Gasteiger partial charge in [0, 0.05) is 21.8 Å². The molecule has 0 saturated carbocycles. The first-order valence-electron chi connectivity index (χ1n) is 10.0. The highest BCUT2D eigenvalue weighted by Gasteiger charge is 2.15. The van der Waals surface area contributed by atoms with Crippen molar-refractivity contribution in [2.75, 3.05) is 11.9 Å². The summed E-state index contributed by atoms with van der Waals surface area (Å²) >= 11 is 3.42. The number of unbranched alkanes of at least 4 members (excludes halogenated alkanes) is 3. The first kappa shape index (κ1) is 22.9. The van der Waals surface area contributed by atoms with E-state index in [1.807, 2.05) is 19.9 Å². The predicted molar refractivity (Wildman–Crippen MR) is 121 cm³/mol. The van der Waals surface area contributed by atoms with Crippen LogP contribution in [0.15, 0.2) is 46.9 Å². The SMILES string of the molecule is CCCCCCOc1ccc(Br)cc1C(=O)Nc1cccc(C(=O)NC(C)C)c1. The van der Waals surface area contributed by atoms with Crippen LogP contribution < -0.4 is 15.4 Å². The summed E-state index contributed by atoms with van der Waals surface area (Å²) in [6.07, 6.45) is 4.41. The number of ether oxygens (including phenoxy) is 1. The molecule has 0 heterocycles. The fourth-order valence-corrected chi connectivity index (χ4v) is 3.16. The van der Waals surface area contributed by atoms with Crippen molar-refractivity contribution >= 4 is 33.4 Å². The van der Waals surface area contributed by atoms with Crippen molar-refractivity contribution in [3.05, 3.63) is 58.1 Å². The average molecular weight is 461 g/mol. The van der Waals surface area contributed by atoms with Crippen molar-refractivity contribution < 1.29 is 14.3 Å². The van der Waals surface area contributed by atoms with E-state index in [1.54, 1.807) is 36.4 Å². The molecule has 6 heteroatoms. The Labute approximate surface area is 181 Å². The lowest BCUT2D eigenvalue weighted by Crippen LogP contribution is -2.30. The van der Waals surface area contributed by atoms with Crippen LogP contribution in [0.1, 0.15) is 67.2 Å². The lowest BCUT2D eigenvalue weighted by atomic mass is 10.1. The molecule has 2 aromatic rings. The molecular formula is C23H29BrN2O3. The number of carbonyl (C=O) groups is 2. The minimum Gasteiger partial charge on any atom is -0.493 e. The van der Waals surface area contributed by atoms with Crippen molar-refractivity contribution in [1.82, 2.24) is 5.32 Å². The van der Waals surface area contributed by atoms with Crippen molar-refractivity contribution in [2.24, 2.45) is 0 Å². The van der Waals surface area contributed by atoms with Gasteiger partial charge in [0.25, 0.3) is 11.8 Å². The number of halogens is 1. The summed E-state index contributed by atoms with van der Waals surface area (Å²) in [5.41, 5.74) is 1.50. The molecule has 0 spiro atoms. The molecule has 0 bridgehead atoms. The van der Waals surface area contributed by atoms with Crippen LogP contribution >= 0.6 is 15.9 Å². The smallest absolute Gasteiger partial charge is 0.259 e. The molecule has 2 rings (SSSR count). The number of carbonyl (C=O) groups excluding carboxylic acids is 2. The number of amides is 2. The molecule has 0 aliphatic rings. The number of rotatable bonds is 10. The molecule has 0 aliphatic heterocycles. The third-order valence-corrected chi connectivity index (χ3v) is 4.74. The Balaban J connectivity index is 2.10. The van der Waals surface area contributed by atoms with Gasteiger partial charge in [-0.1, -0.05) is 48.2 Å². The van der Waals surface area contributed by atoms with E-state index >= 15 is 0 Å². The van der Waals surface area contributed by atoms with Crippen LogP contribution in [0.4, 0.5) is 5.69 Å². The zero-order chi connectivity index (χ0) is 21.2. The van der Waals surface area contributed by atoms with E-state index in [0.717, 1.165) is 17.3 Å². The first-order valence-corrected chi connectivity index (χ1v) is 10.8. The minimum atomic E-state index is -0.281. The lowest BCUT2D eigenvalue weighted by Gasteiger charge is -2.13. The molecule has 0 fully saturated rings. The largest absolute Gasteiger partial charge is 0.493 e. The Kier molecular flexibility index (Phi) is 9.19. The van der Waals surface area contributed by atoms with Gasteiger partial charge in [0.2, 0.25) is 0 Å². The van der Waals surface area contributed by atoms with Gasteiger partial charge in [-0.05, 0) is 56.7 Å². The van der Waals surface area contributed by atoms with Gasteiger partial charge in [0.15, 0.2) is 0 Å². The second kappa shape index (κ2) is 11.6. The summed E-state index contributed by atoms with van der Waals surface area (Å²) in [5.74, 6) is 0.0989. The molecule has 2 aromatic carbocycles. The van der Waals surface area contributed by atoms with Crippen LogP contribution in [-0.2, 0) is 0 Å². The van der Waals surface area contributed by atoms with E-state index in [0.29, 0.717) is 29.2 Å². The summed E-state index contributed by atoms with van der Waals surface area (Å²) < 4.78 is 6.65. The zero-order valence-corrected chi connectivity index (χ0v) is 18.8. The Bertz CT molecular complexity index is 837. The highest BCUT2D eigenvalue weighted by Crippen LogP contribution is 2.25. The summed E-state index contributed by atoms with van der Waals surface area (Å²) in [4.78, 5) is 25.1. The second-order valence-electron chi connectivity index (χ2n) is 7.21. The molecule has 0 atom stereocenters. The number of hydrogen-bond acceptors (Lipinski definition) is 3. The lowest BCUT2D eigenvalue weighted by molar-refractivity contribution is 0.0941. The van der Waals surface area contributed by atoms with E-state index in [-0.39, 0.29) is 17.9 Å². The van der Waals surface area contributed by atoms with Crippen molar-refractivity contribution in [3.8, 4) is 5.75 Å². The van der Waals surface area contributed by atoms with Gasteiger partial charge in [-0.25, -0.2) is 0 Å². The van der Waals surface area contributed by atoms with E-state index < -0.39 is 0 Å². The molecule has 29 heavy (non-hydrogen) atoms. The normalized spacial score (nSPS) is 10.7. The average Bonchev–Trinajstić information content (AvgIpc) is 2.68. The Hall–Kier alpha value is -2.34. The monoisotopic (exact) mass is 460 g/mol. The zero-order valence-electron chi connectivity index (χ0n) is 17.3. The molecule has 0 aromatic heterocycles.